The minimum atomic E-state index is -0.278. The Labute approximate surface area is 175 Å². The molecule has 0 aromatic heterocycles. The number of piperidine rings is 1. The molecule has 0 aliphatic carbocycles. The van der Waals surface area contributed by atoms with Gasteiger partial charge in [-0.1, -0.05) is 41.9 Å². The van der Waals surface area contributed by atoms with Gasteiger partial charge in [-0.2, -0.15) is 0 Å². The largest absolute Gasteiger partial charge is 0.506 e. The Morgan fingerprint density at radius 2 is 1.79 bits per heavy atom. The highest BCUT2D eigenvalue weighted by molar-refractivity contribution is 6.31. The normalized spacial score (nSPS) is 16.2. The number of hydrogen-bond donors (Lipinski definition) is 3. The number of likely N-dealkylation sites (tertiary alicyclic amines) is 1. The molecule has 0 saturated carbocycles. The van der Waals surface area contributed by atoms with Gasteiger partial charge in [-0.25, -0.2) is 0 Å². The Kier molecular flexibility index (Phi) is 7.12. The number of hydrogen-bond acceptors (Lipinski definition) is 4. The number of anilines is 1. The Bertz CT molecular complexity index is 866. The van der Waals surface area contributed by atoms with E-state index in [1.165, 1.54) is 0 Å². The molecule has 1 atom stereocenters. The zero-order chi connectivity index (χ0) is 20.8. The fraction of sp³-hybridized carbons (Fsp3) is 0.364. The van der Waals surface area contributed by atoms with Gasteiger partial charge in [-0.05, 0) is 56.6 Å². The summed E-state index contributed by atoms with van der Waals surface area (Å²) in [6, 6.07) is 13.9. The second-order valence-corrected chi connectivity index (χ2v) is 7.71. The molecule has 0 bridgehead atoms. The van der Waals surface area contributed by atoms with Crippen molar-refractivity contribution in [1.29, 1.82) is 0 Å². The SMILES string of the molecule is CC(C(=O)NCc1ccccc1Cl)N1CCC(C(=O)Nc2ccccc2O)CC1. The molecular formula is C22H26ClN3O3. The fourth-order valence-electron chi connectivity index (χ4n) is 3.50. The van der Waals surface area contributed by atoms with E-state index in [1.54, 1.807) is 30.3 Å². The highest BCUT2D eigenvalue weighted by atomic mass is 35.5. The minimum Gasteiger partial charge on any atom is -0.506 e. The number of halogens is 1. The summed E-state index contributed by atoms with van der Waals surface area (Å²) < 4.78 is 0. The summed E-state index contributed by atoms with van der Waals surface area (Å²) in [5, 5.41) is 16.2. The van der Waals surface area contributed by atoms with Crippen LogP contribution in [0.2, 0.25) is 5.02 Å². The van der Waals surface area contributed by atoms with Gasteiger partial charge < -0.3 is 15.7 Å². The van der Waals surface area contributed by atoms with E-state index in [0.29, 0.717) is 43.2 Å². The summed E-state index contributed by atoms with van der Waals surface area (Å²) in [6.07, 6.45) is 1.34. The maximum absolute atomic E-state index is 12.5. The van der Waals surface area contributed by atoms with Crippen LogP contribution in [-0.2, 0) is 16.1 Å². The molecule has 29 heavy (non-hydrogen) atoms. The van der Waals surface area contributed by atoms with Gasteiger partial charge in [0.1, 0.15) is 5.75 Å². The number of nitrogens with zero attached hydrogens (tertiary/aromatic N) is 1. The molecule has 7 heteroatoms. The molecule has 0 radical (unpaired) electrons. The van der Waals surface area contributed by atoms with E-state index in [1.807, 2.05) is 25.1 Å². The van der Waals surface area contributed by atoms with E-state index in [2.05, 4.69) is 15.5 Å². The molecular weight excluding hydrogens is 390 g/mol. The van der Waals surface area contributed by atoms with Gasteiger partial charge in [0.05, 0.1) is 11.7 Å². The highest BCUT2D eigenvalue weighted by Gasteiger charge is 2.30. The maximum atomic E-state index is 12.5. The van der Waals surface area contributed by atoms with Crippen LogP contribution < -0.4 is 10.6 Å². The number of carbonyl (C=O) groups excluding carboxylic acids is 2. The van der Waals surface area contributed by atoms with Crippen molar-refractivity contribution in [2.24, 2.45) is 5.92 Å². The molecule has 2 amide bonds. The molecule has 2 aromatic carbocycles. The molecule has 1 aliphatic heterocycles. The van der Waals surface area contributed by atoms with Crippen LogP contribution in [0.5, 0.6) is 5.75 Å². The first-order valence-electron chi connectivity index (χ1n) is 9.79. The summed E-state index contributed by atoms with van der Waals surface area (Å²) in [5.41, 5.74) is 1.31. The second-order valence-electron chi connectivity index (χ2n) is 7.30. The van der Waals surface area contributed by atoms with Crippen LogP contribution in [0, 0.1) is 5.92 Å². The molecule has 1 aliphatic rings. The lowest BCUT2D eigenvalue weighted by atomic mass is 9.94. The Morgan fingerprint density at radius 3 is 2.48 bits per heavy atom. The monoisotopic (exact) mass is 415 g/mol. The predicted octanol–water partition coefficient (Wildman–Crippen LogP) is 3.40. The maximum Gasteiger partial charge on any atom is 0.237 e. The van der Waals surface area contributed by atoms with Crippen molar-refractivity contribution in [3.63, 3.8) is 0 Å². The Morgan fingerprint density at radius 1 is 1.14 bits per heavy atom. The van der Waals surface area contributed by atoms with Crippen molar-refractivity contribution in [2.75, 3.05) is 18.4 Å². The average Bonchev–Trinajstić information content (AvgIpc) is 2.74. The number of phenolic OH excluding ortho intramolecular Hbond substituents is 1. The fourth-order valence-corrected chi connectivity index (χ4v) is 3.70. The molecule has 3 rings (SSSR count). The van der Waals surface area contributed by atoms with Crippen LogP contribution in [-0.4, -0.2) is 41.0 Å². The molecule has 1 fully saturated rings. The van der Waals surface area contributed by atoms with Gasteiger partial charge >= 0.3 is 0 Å². The minimum absolute atomic E-state index is 0.0537. The summed E-state index contributed by atoms with van der Waals surface area (Å²) in [7, 11) is 0. The third kappa shape index (κ3) is 5.49. The molecule has 154 valence electrons. The average molecular weight is 416 g/mol. The van der Waals surface area contributed by atoms with E-state index in [-0.39, 0.29) is 29.5 Å². The van der Waals surface area contributed by atoms with Crippen molar-refractivity contribution in [3.8, 4) is 5.75 Å². The van der Waals surface area contributed by atoms with E-state index < -0.39 is 0 Å². The Balaban J connectivity index is 1.47. The van der Waals surface area contributed by atoms with Crippen molar-refractivity contribution >= 4 is 29.1 Å². The first-order valence-corrected chi connectivity index (χ1v) is 10.2. The number of nitrogens with one attached hydrogen (secondary N) is 2. The summed E-state index contributed by atoms with van der Waals surface area (Å²) in [4.78, 5) is 27.1. The number of carbonyl (C=O) groups is 2. The van der Waals surface area contributed by atoms with Crippen LogP contribution in [0.25, 0.3) is 0 Å². The molecule has 1 unspecified atom stereocenters. The van der Waals surface area contributed by atoms with Crippen molar-refractivity contribution in [1.82, 2.24) is 10.2 Å². The van der Waals surface area contributed by atoms with Gasteiger partial charge in [0.15, 0.2) is 0 Å². The first kappa shape index (κ1) is 21.1. The third-order valence-electron chi connectivity index (χ3n) is 5.40. The molecule has 1 heterocycles. The van der Waals surface area contributed by atoms with Crippen molar-refractivity contribution < 1.29 is 14.7 Å². The zero-order valence-electron chi connectivity index (χ0n) is 16.4. The van der Waals surface area contributed by atoms with Crippen LogP contribution in [0.1, 0.15) is 25.3 Å². The molecule has 6 nitrogen and oxygen atoms in total. The summed E-state index contributed by atoms with van der Waals surface area (Å²) in [5.74, 6) is -0.227. The van der Waals surface area contributed by atoms with Gasteiger partial charge in [0.25, 0.3) is 0 Å². The smallest absolute Gasteiger partial charge is 0.237 e. The molecule has 3 N–H and O–H groups in total. The second kappa shape index (κ2) is 9.76. The number of phenols is 1. The van der Waals surface area contributed by atoms with E-state index in [0.717, 1.165) is 5.56 Å². The van der Waals surface area contributed by atoms with Gasteiger partial charge in [0.2, 0.25) is 11.8 Å². The van der Waals surface area contributed by atoms with E-state index in [9.17, 15) is 14.7 Å². The highest BCUT2D eigenvalue weighted by Crippen LogP contribution is 2.25. The summed E-state index contributed by atoms with van der Waals surface area (Å²) in [6.45, 7) is 3.60. The standard InChI is InChI=1S/C22H26ClN3O3/c1-15(21(28)24-14-17-6-2-3-7-18(17)23)26-12-10-16(11-13-26)22(29)25-19-8-4-5-9-20(19)27/h2-9,15-16,27H,10-14H2,1H3,(H,24,28)(H,25,29). The number of para-hydroxylation sites is 2. The lowest BCUT2D eigenvalue weighted by Gasteiger charge is -2.34. The van der Waals surface area contributed by atoms with Gasteiger partial charge in [0, 0.05) is 17.5 Å². The van der Waals surface area contributed by atoms with Crippen LogP contribution in [0.4, 0.5) is 5.69 Å². The number of aromatic hydroxyl groups is 1. The van der Waals surface area contributed by atoms with Crippen molar-refractivity contribution in [2.45, 2.75) is 32.4 Å². The predicted molar refractivity (Wildman–Crippen MR) is 114 cm³/mol. The van der Waals surface area contributed by atoms with Gasteiger partial charge in [-0.3, -0.25) is 14.5 Å². The van der Waals surface area contributed by atoms with Crippen LogP contribution in [0.15, 0.2) is 48.5 Å². The molecule has 1 saturated heterocycles. The topological polar surface area (TPSA) is 81.7 Å². The number of benzene rings is 2. The van der Waals surface area contributed by atoms with Crippen LogP contribution in [0.3, 0.4) is 0 Å². The molecule has 0 spiro atoms. The first-order chi connectivity index (χ1) is 14.0. The van der Waals surface area contributed by atoms with Gasteiger partial charge in [-0.15, -0.1) is 0 Å². The lowest BCUT2D eigenvalue weighted by Crippen LogP contribution is -2.49. The summed E-state index contributed by atoms with van der Waals surface area (Å²) >= 11 is 6.13. The Hall–Kier alpha value is -2.57. The van der Waals surface area contributed by atoms with Crippen molar-refractivity contribution in [3.05, 3.63) is 59.1 Å². The quantitative estimate of drug-likeness (QED) is 0.631. The molecule has 2 aromatic rings. The number of amides is 2. The lowest BCUT2D eigenvalue weighted by molar-refractivity contribution is -0.127. The zero-order valence-corrected chi connectivity index (χ0v) is 17.2. The van der Waals surface area contributed by atoms with E-state index >= 15 is 0 Å². The van der Waals surface area contributed by atoms with E-state index in [4.69, 9.17) is 11.6 Å². The van der Waals surface area contributed by atoms with Crippen LogP contribution >= 0.6 is 11.6 Å². The number of rotatable bonds is 6. The third-order valence-corrected chi connectivity index (χ3v) is 5.77.